The van der Waals surface area contributed by atoms with Gasteiger partial charge in [-0.1, -0.05) is 30.3 Å². The topological polar surface area (TPSA) is 84.6 Å². The van der Waals surface area contributed by atoms with E-state index >= 15 is 0 Å². The van der Waals surface area contributed by atoms with E-state index in [0.29, 0.717) is 13.0 Å². The van der Waals surface area contributed by atoms with Crippen molar-refractivity contribution in [3.05, 3.63) is 53.6 Å². The van der Waals surface area contributed by atoms with Gasteiger partial charge < -0.3 is 10.5 Å². The van der Waals surface area contributed by atoms with E-state index < -0.39 is 0 Å². The van der Waals surface area contributed by atoms with Crippen LogP contribution < -0.4 is 16.0 Å². The summed E-state index contributed by atoms with van der Waals surface area (Å²) in [6.45, 7) is 4.56. The molecule has 5 heteroatoms. The first-order valence-electron chi connectivity index (χ1n) is 9.43. The smallest absolute Gasteiger partial charge is 0.246 e. The average Bonchev–Trinajstić information content (AvgIpc) is 2.65. The van der Waals surface area contributed by atoms with Gasteiger partial charge in [0.25, 0.3) is 0 Å². The number of carbonyl (C=O) groups excluding carboxylic acids is 1. The Labute approximate surface area is 160 Å². The van der Waals surface area contributed by atoms with Crippen molar-refractivity contribution in [2.75, 3.05) is 6.61 Å². The molecule has 1 aliphatic carbocycles. The van der Waals surface area contributed by atoms with Crippen LogP contribution in [0.3, 0.4) is 0 Å². The van der Waals surface area contributed by atoms with Crippen LogP contribution in [-0.2, 0) is 17.6 Å². The van der Waals surface area contributed by atoms with Crippen LogP contribution in [0.2, 0.25) is 0 Å². The number of hydroxylamine groups is 1. The summed E-state index contributed by atoms with van der Waals surface area (Å²) in [5, 5.41) is 8.90. The van der Waals surface area contributed by atoms with Gasteiger partial charge in [0, 0.05) is 11.5 Å². The second-order valence-electron chi connectivity index (χ2n) is 8.01. The Morgan fingerprint density at radius 2 is 2.00 bits per heavy atom. The summed E-state index contributed by atoms with van der Waals surface area (Å²) >= 11 is 0. The van der Waals surface area contributed by atoms with Crippen LogP contribution in [-0.4, -0.2) is 23.3 Å². The number of rotatable bonds is 6. The molecule has 0 spiro atoms. The number of hydrogen-bond donors (Lipinski definition) is 3. The van der Waals surface area contributed by atoms with E-state index in [-0.39, 0.29) is 17.4 Å². The number of hydrogen-bond acceptors (Lipinski definition) is 4. The predicted molar refractivity (Wildman–Crippen MR) is 106 cm³/mol. The van der Waals surface area contributed by atoms with Crippen LogP contribution in [0.1, 0.15) is 37.8 Å². The van der Waals surface area contributed by atoms with Gasteiger partial charge in [-0.25, -0.2) is 5.48 Å². The predicted octanol–water partition coefficient (Wildman–Crippen LogP) is 3.47. The Morgan fingerprint density at radius 3 is 2.74 bits per heavy atom. The zero-order chi connectivity index (χ0) is 19.4. The molecule has 4 N–H and O–H groups in total. The fourth-order valence-electron chi connectivity index (χ4n) is 3.45. The molecular formula is C22H28N2O3. The Balaban J connectivity index is 1.75. The number of amides is 1. The van der Waals surface area contributed by atoms with E-state index in [2.05, 4.69) is 24.3 Å². The van der Waals surface area contributed by atoms with E-state index in [9.17, 15) is 4.79 Å². The number of nitrogens with two attached hydrogens (primary N) is 1. The molecule has 1 aliphatic rings. The summed E-state index contributed by atoms with van der Waals surface area (Å²) in [4.78, 5) is 11.8. The highest BCUT2D eigenvalue weighted by atomic mass is 16.5. The number of carbonyl (C=O) groups is 1. The SMILES string of the molecule is CC(C)(N)CCOc1cccc(-c2ccc3c(c2)CC(C(=O)NO)CC3)c1. The third-order valence-electron chi connectivity index (χ3n) is 5.10. The highest BCUT2D eigenvalue weighted by Crippen LogP contribution is 2.31. The number of fused-ring (bicyclic) bond motifs is 1. The van der Waals surface area contributed by atoms with E-state index in [1.54, 1.807) is 5.48 Å². The van der Waals surface area contributed by atoms with Gasteiger partial charge in [0.2, 0.25) is 5.91 Å². The lowest BCUT2D eigenvalue weighted by Crippen LogP contribution is -2.33. The Hall–Kier alpha value is -2.37. The molecule has 0 aromatic heterocycles. The quantitative estimate of drug-likeness (QED) is 0.538. The first-order valence-corrected chi connectivity index (χ1v) is 9.43. The summed E-state index contributed by atoms with van der Waals surface area (Å²) in [6, 6.07) is 14.4. The van der Waals surface area contributed by atoms with Gasteiger partial charge in [-0.15, -0.1) is 0 Å². The molecular weight excluding hydrogens is 340 g/mol. The van der Waals surface area contributed by atoms with Crippen molar-refractivity contribution >= 4 is 5.91 Å². The van der Waals surface area contributed by atoms with Crippen molar-refractivity contribution in [1.82, 2.24) is 5.48 Å². The molecule has 27 heavy (non-hydrogen) atoms. The van der Waals surface area contributed by atoms with Crippen molar-refractivity contribution < 1.29 is 14.7 Å². The Morgan fingerprint density at radius 1 is 1.22 bits per heavy atom. The molecule has 0 heterocycles. The van der Waals surface area contributed by atoms with Crippen LogP contribution >= 0.6 is 0 Å². The molecule has 0 radical (unpaired) electrons. The molecule has 5 nitrogen and oxygen atoms in total. The van der Waals surface area contributed by atoms with E-state index in [0.717, 1.165) is 36.1 Å². The molecule has 0 aliphatic heterocycles. The van der Waals surface area contributed by atoms with Crippen molar-refractivity contribution in [3.8, 4) is 16.9 Å². The third kappa shape index (κ3) is 5.08. The Kier molecular flexibility index (Phi) is 5.82. The minimum absolute atomic E-state index is 0.174. The molecule has 0 fully saturated rings. The summed E-state index contributed by atoms with van der Waals surface area (Å²) in [7, 11) is 0. The van der Waals surface area contributed by atoms with Crippen LogP contribution in [0, 0.1) is 5.92 Å². The standard InChI is InChI=1S/C22H28N2O3/c1-22(2,23)10-11-27-20-5-3-4-16(14-20)17-8-6-15-7-9-18(21(25)24-26)13-19(15)12-17/h3-6,8,12,14,18,26H,7,9-11,13,23H2,1-2H3,(H,24,25). The lowest BCUT2D eigenvalue weighted by atomic mass is 9.82. The van der Waals surface area contributed by atoms with Gasteiger partial charge in [0.15, 0.2) is 0 Å². The highest BCUT2D eigenvalue weighted by Gasteiger charge is 2.24. The van der Waals surface area contributed by atoms with Gasteiger partial charge in [-0.05, 0) is 73.9 Å². The fourth-order valence-corrected chi connectivity index (χ4v) is 3.45. The van der Waals surface area contributed by atoms with E-state index in [1.165, 1.54) is 11.1 Å². The number of nitrogens with one attached hydrogen (secondary N) is 1. The van der Waals surface area contributed by atoms with Crippen molar-refractivity contribution in [3.63, 3.8) is 0 Å². The van der Waals surface area contributed by atoms with Crippen LogP contribution in [0.25, 0.3) is 11.1 Å². The largest absolute Gasteiger partial charge is 0.494 e. The van der Waals surface area contributed by atoms with Crippen LogP contribution in [0.4, 0.5) is 0 Å². The lowest BCUT2D eigenvalue weighted by Gasteiger charge is -2.23. The molecule has 1 unspecified atom stereocenters. The fraction of sp³-hybridized carbons (Fsp3) is 0.409. The molecule has 2 aromatic carbocycles. The maximum atomic E-state index is 11.8. The summed E-state index contributed by atoms with van der Waals surface area (Å²) in [5.74, 6) is 0.350. The molecule has 1 atom stereocenters. The normalized spacial score (nSPS) is 16.5. The zero-order valence-electron chi connectivity index (χ0n) is 16.0. The maximum absolute atomic E-state index is 11.8. The van der Waals surface area contributed by atoms with Crippen LogP contribution in [0.15, 0.2) is 42.5 Å². The lowest BCUT2D eigenvalue weighted by molar-refractivity contribution is -0.133. The van der Waals surface area contributed by atoms with Gasteiger partial charge in [-0.3, -0.25) is 10.0 Å². The van der Waals surface area contributed by atoms with Crippen molar-refractivity contribution in [2.24, 2.45) is 11.7 Å². The first-order chi connectivity index (χ1) is 12.9. The molecule has 144 valence electrons. The minimum atomic E-state index is -0.302. The third-order valence-corrected chi connectivity index (χ3v) is 5.10. The maximum Gasteiger partial charge on any atom is 0.246 e. The molecule has 3 rings (SSSR count). The van der Waals surface area contributed by atoms with Gasteiger partial charge >= 0.3 is 0 Å². The summed E-state index contributed by atoms with van der Waals surface area (Å²) in [5.41, 5.74) is 12.2. The molecule has 0 saturated heterocycles. The Bertz CT molecular complexity index is 811. The second-order valence-corrected chi connectivity index (χ2v) is 8.01. The average molecular weight is 368 g/mol. The molecule has 1 amide bonds. The molecule has 0 bridgehead atoms. The highest BCUT2D eigenvalue weighted by molar-refractivity contribution is 5.78. The number of ether oxygens (including phenoxy) is 1. The summed E-state index contributed by atoms with van der Waals surface area (Å²) < 4.78 is 5.86. The molecule has 0 saturated carbocycles. The zero-order valence-corrected chi connectivity index (χ0v) is 16.0. The van der Waals surface area contributed by atoms with E-state index in [1.807, 2.05) is 32.0 Å². The minimum Gasteiger partial charge on any atom is -0.494 e. The molecule has 2 aromatic rings. The number of aryl methyl sites for hydroxylation is 1. The van der Waals surface area contributed by atoms with Crippen molar-refractivity contribution in [2.45, 2.75) is 45.1 Å². The second kappa shape index (κ2) is 8.11. The van der Waals surface area contributed by atoms with Gasteiger partial charge in [0.1, 0.15) is 5.75 Å². The van der Waals surface area contributed by atoms with Gasteiger partial charge in [-0.2, -0.15) is 0 Å². The monoisotopic (exact) mass is 368 g/mol. The van der Waals surface area contributed by atoms with Crippen molar-refractivity contribution in [1.29, 1.82) is 0 Å². The van der Waals surface area contributed by atoms with Gasteiger partial charge in [0.05, 0.1) is 6.61 Å². The van der Waals surface area contributed by atoms with E-state index in [4.69, 9.17) is 15.7 Å². The summed E-state index contributed by atoms with van der Waals surface area (Å²) in [6.07, 6.45) is 3.05. The number of benzene rings is 2. The first kappa shape index (κ1) is 19.4. The van der Waals surface area contributed by atoms with Crippen LogP contribution in [0.5, 0.6) is 5.75 Å².